The zero-order valence-electron chi connectivity index (χ0n) is 16.5. The van der Waals surface area contributed by atoms with Crippen molar-refractivity contribution in [1.29, 1.82) is 5.26 Å². The van der Waals surface area contributed by atoms with Crippen molar-refractivity contribution in [3.05, 3.63) is 23.6 Å². The number of anilines is 1. The van der Waals surface area contributed by atoms with Gasteiger partial charge in [-0.05, 0) is 24.7 Å². The first-order valence-corrected chi connectivity index (χ1v) is 10.3. The molecule has 0 bridgehead atoms. The van der Waals surface area contributed by atoms with Crippen molar-refractivity contribution in [1.82, 2.24) is 29.6 Å². The Morgan fingerprint density at radius 3 is 2.80 bits per heavy atom. The molecular formula is C20H21ClN8O. The highest BCUT2D eigenvalue weighted by Crippen LogP contribution is 2.41. The molecule has 3 aromatic rings. The van der Waals surface area contributed by atoms with Gasteiger partial charge in [-0.15, -0.1) is 0 Å². The monoisotopic (exact) mass is 424 g/mol. The van der Waals surface area contributed by atoms with Gasteiger partial charge in [-0.2, -0.15) is 10.4 Å². The molecule has 1 amide bonds. The first-order chi connectivity index (χ1) is 14.5. The van der Waals surface area contributed by atoms with Crippen LogP contribution in [0.15, 0.2) is 18.6 Å². The maximum atomic E-state index is 12.0. The van der Waals surface area contributed by atoms with Gasteiger partial charge in [0.1, 0.15) is 17.8 Å². The van der Waals surface area contributed by atoms with Crippen LogP contribution in [0.4, 0.5) is 5.69 Å². The first-order valence-electron chi connectivity index (χ1n) is 9.96. The van der Waals surface area contributed by atoms with E-state index in [4.69, 9.17) is 16.9 Å². The lowest BCUT2D eigenvalue weighted by molar-refractivity contribution is -0.129. The Morgan fingerprint density at radius 2 is 2.13 bits per heavy atom. The molecule has 1 saturated heterocycles. The summed E-state index contributed by atoms with van der Waals surface area (Å²) in [4.78, 5) is 26.1. The molecule has 5 rings (SSSR count). The second kappa shape index (κ2) is 7.29. The number of hydrogen-bond acceptors (Lipinski definition) is 6. The number of H-pyrrole nitrogens is 1. The Bertz CT molecular complexity index is 1150. The van der Waals surface area contributed by atoms with Crippen molar-refractivity contribution in [2.45, 2.75) is 25.3 Å². The number of carbonyl (C=O) groups excluding carboxylic acids is 1. The molecular weight excluding hydrogens is 404 g/mol. The lowest BCUT2D eigenvalue weighted by Gasteiger charge is -2.20. The van der Waals surface area contributed by atoms with Crippen LogP contribution in [0.2, 0.25) is 5.02 Å². The molecule has 1 saturated carbocycles. The minimum absolute atomic E-state index is 0.0369. The number of rotatable bonds is 4. The van der Waals surface area contributed by atoms with E-state index < -0.39 is 0 Å². The molecule has 2 atom stereocenters. The number of nitrogens with zero attached hydrogens (tertiary/aromatic N) is 6. The average molecular weight is 425 g/mol. The molecule has 3 aromatic heterocycles. The number of halogens is 1. The SMILES string of the molecule is Cn1cc(-c2nc3ncc(Cl)c(NC4CC5CN(C(=O)CC#N)CC5C4)c3[nH]2)cn1. The Labute approximate surface area is 178 Å². The van der Waals surface area contributed by atoms with Gasteiger partial charge in [0, 0.05) is 32.4 Å². The molecule has 9 nitrogen and oxygen atoms in total. The summed E-state index contributed by atoms with van der Waals surface area (Å²) in [6.45, 7) is 1.47. The summed E-state index contributed by atoms with van der Waals surface area (Å²) in [6.07, 6.45) is 7.16. The maximum absolute atomic E-state index is 12.0. The number of nitriles is 1. The minimum atomic E-state index is -0.0595. The Morgan fingerprint density at radius 1 is 1.37 bits per heavy atom. The highest BCUT2D eigenvalue weighted by atomic mass is 35.5. The quantitative estimate of drug-likeness (QED) is 0.665. The molecule has 1 aliphatic heterocycles. The van der Waals surface area contributed by atoms with Crippen LogP contribution < -0.4 is 5.32 Å². The number of carbonyl (C=O) groups is 1. The van der Waals surface area contributed by atoms with Crippen molar-refractivity contribution >= 4 is 34.4 Å². The molecule has 2 fully saturated rings. The third-order valence-electron chi connectivity index (χ3n) is 6.13. The van der Waals surface area contributed by atoms with Gasteiger partial charge in [-0.3, -0.25) is 9.48 Å². The van der Waals surface area contributed by atoms with E-state index in [2.05, 4.69) is 25.4 Å². The summed E-state index contributed by atoms with van der Waals surface area (Å²) < 4.78 is 1.73. The summed E-state index contributed by atoms with van der Waals surface area (Å²) >= 11 is 6.49. The van der Waals surface area contributed by atoms with Gasteiger partial charge in [0.05, 0.1) is 34.7 Å². The summed E-state index contributed by atoms with van der Waals surface area (Å²) in [6, 6.07) is 2.22. The molecule has 30 heavy (non-hydrogen) atoms. The van der Waals surface area contributed by atoms with E-state index >= 15 is 0 Å². The summed E-state index contributed by atoms with van der Waals surface area (Å²) in [5.41, 5.74) is 3.08. The second-order valence-electron chi connectivity index (χ2n) is 8.13. The van der Waals surface area contributed by atoms with Gasteiger partial charge in [0.25, 0.3) is 0 Å². The van der Waals surface area contributed by atoms with E-state index in [0.717, 1.165) is 42.7 Å². The van der Waals surface area contributed by atoms with Gasteiger partial charge in [0.2, 0.25) is 5.91 Å². The number of fused-ring (bicyclic) bond motifs is 2. The Balaban J connectivity index is 1.34. The molecule has 2 unspecified atom stereocenters. The van der Waals surface area contributed by atoms with Crippen molar-refractivity contribution in [3.63, 3.8) is 0 Å². The van der Waals surface area contributed by atoms with Gasteiger partial charge in [-0.25, -0.2) is 9.97 Å². The lowest BCUT2D eigenvalue weighted by Crippen LogP contribution is -2.30. The topological polar surface area (TPSA) is 116 Å². The van der Waals surface area contributed by atoms with E-state index in [0.29, 0.717) is 28.3 Å². The number of aromatic amines is 1. The van der Waals surface area contributed by atoms with Crippen LogP contribution in [-0.2, 0) is 11.8 Å². The molecule has 10 heteroatoms. The maximum Gasteiger partial charge on any atom is 0.236 e. The van der Waals surface area contributed by atoms with Crippen molar-refractivity contribution < 1.29 is 4.79 Å². The highest BCUT2D eigenvalue weighted by Gasteiger charge is 2.42. The molecule has 2 aliphatic rings. The van der Waals surface area contributed by atoms with Crippen LogP contribution in [-0.4, -0.2) is 54.7 Å². The van der Waals surface area contributed by atoms with Crippen molar-refractivity contribution in [2.75, 3.05) is 18.4 Å². The largest absolute Gasteiger partial charge is 0.379 e. The highest BCUT2D eigenvalue weighted by molar-refractivity contribution is 6.34. The average Bonchev–Trinajstić information content (AvgIpc) is 3.46. The number of aromatic nitrogens is 5. The van der Waals surface area contributed by atoms with Crippen LogP contribution >= 0.6 is 11.6 Å². The molecule has 1 aliphatic carbocycles. The number of aryl methyl sites for hydroxylation is 1. The van der Waals surface area contributed by atoms with E-state index in [1.807, 2.05) is 24.2 Å². The summed E-state index contributed by atoms with van der Waals surface area (Å²) in [5.74, 6) is 1.55. The molecule has 154 valence electrons. The van der Waals surface area contributed by atoms with Crippen LogP contribution in [0.25, 0.3) is 22.6 Å². The molecule has 0 aromatic carbocycles. The number of pyridine rings is 1. The Kier molecular flexibility index (Phi) is 4.59. The Hall–Kier alpha value is -3.12. The summed E-state index contributed by atoms with van der Waals surface area (Å²) in [5, 5.41) is 17.1. The fourth-order valence-corrected chi connectivity index (χ4v) is 4.96. The third-order valence-corrected chi connectivity index (χ3v) is 6.42. The fourth-order valence-electron chi connectivity index (χ4n) is 4.76. The fraction of sp³-hybridized carbons (Fsp3) is 0.450. The number of nitrogens with one attached hydrogen (secondary N) is 2. The van der Waals surface area contributed by atoms with E-state index in [9.17, 15) is 4.79 Å². The molecule has 2 N–H and O–H groups in total. The van der Waals surface area contributed by atoms with Gasteiger partial charge in [0.15, 0.2) is 5.65 Å². The van der Waals surface area contributed by atoms with Crippen molar-refractivity contribution in [2.24, 2.45) is 18.9 Å². The van der Waals surface area contributed by atoms with E-state index in [1.54, 1.807) is 17.1 Å². The van der Waals surface area contributed by atoms with E-state index in [1.165, 1.54) is 0 Å². The van der Waals surface area contributed by atoms with E-state index in [-0.39, 0.29) is 18.4 Å². The predicted molar refractivity (Wildman–Crippen MR) is 112 cm³/mol. The van der Waals surface area contributed by atoms with Crippen LogP contribution in [0.1, 0.15) is 19.3 Å². The third kappa shape index (κ3) is 3.27. The number of likely N-dealkylation sites (tertiary alicyclic amines) is 1. The summed E-state index contributed by atoms with van der Waals surface area (Å²) in [7, 11) is 1.86. The molecule has 0 spiro atoms. The smallest absolute Gasteiger partial charge is 0.236 e. The van der Waals surface area contributed by atoms with Gasteiger partial charge >= 0.3 is 0 Å². The zero-order chi connectivity index (χ0) is 20.8. The first kappa shape index (κ1) is 18.9. The second-order valence-corrected chi connectivity index (χ2v) is 8.54. The van der Waals surface area contributed by atoms with Crippen LogP contribution in [0.3, 0.4) is 0 Å². The predicted octanol–water partition coefficient (Wildman–Crippen LogP) is 2.57. The molecule has 0 radical (unpaired) electrons. The molecule has 4 heterocycles. The number of amides is 1. The number of hydrogen-bond donors (Lipinski definition) is 2. The lowest BCUT2D eigenvalue weighted by atomic mass is 10.0. The van der Waals surface area contributed by atoms with Crippen LogP contribution in [0, 0.1) is 23.2 Å². The van der Waals surface area contributed by atoms with Crippen LogP contribution in [0.5, 0.6) is 0 Å². The number of imidazole rings is 1. The standard InChI is InChI=1S/C20H21ClN8O/c1-28-8-13(6-24-28)19-26-18-17(15(21)7-23-20(18)27-19)25-14-4-11-9-29(10-12(11)5-14)16(30)2-3-22/h6-8,11-12,14H,2,4-5,9-10H2,1H3,(H2,23,25,26,27). The van der Waals surface area contributed by atoms with Gasteiger partial charge in [-0.1, -0.05) is 11.6 Å². The normalized spacial score (nSPS) is 23.0. The van der Waals surface area contributed by atoms with Gasteiger partial charge < -0.3 is 15.2 Å². The minimum Gasteiger partial charge on any atom is -0.379 e. The zero-order valence-corrected chi connectivity index (χ0v) is 17.2. The van der Waals surface area contributed by atoms with Crippen molar-refractivity contribution in [3.8, 4) is 17.5 Å².